The van der Waals surface area contributed by atoms with Crippen LogP contribution in [0.5, 0.6) is 0 Å². The molecule has 0 aromatic heterocycles. The van der Waals surface area contributed by atoms with Crippen molar-refractivity contribution in [2.45, 2.75) is 17.4 Å². The second-order valence-electron chi connectivity index (χ2n) is 3.63. The fourth-order valence-electron chi connectivity index (χ4n) is 1.50. The van der Waals surface area contributed by atoms with Crippen LogP contribution in [0.15, 0.2) is 23.1 Å². The van der Waals surface area contributed by atoms with Crippen molar-refractivity contribution < 1.29 is 19.8 Å². The number of aliphatic carboxylic acids is 2. The Morgan fingerprint density at radius 1 is 1.47 bits per heavy atom. The highest BCUT2D eigenvalue weighted by atomic mass is 32.2. The van der Waals surface area contributed by atoms with Gasteiger partial charge in [0.15, 0.2) is 0 Å². The van der Waals surface area contributed by atoms with Crippen molar-refractivity contribution in [1.82, 2.24) is 0 Å². The Bertz CT molecular complexity index is 539. The number of nitriles is 1. The Morgan fingerprint density at radius 2 is 2.16 bits per heavy atom. The zero-order valence-corrected chi connectivity index (χ0v) is 10.9. The molecular weight excluding hydrogens is 268 g/mol. The zero-order valence-electron chi connectivity index (χ0n) is 10.1. The molecule has 1 aromatic rings. The third-order valence-corrected chi connectivity index (χ3v) is 3.14. The van der Waals surface area contributed by atoms with Gasteiger partial charge in [0.05, 0.1) is 17.7 Å². The summed E-state index contributed by atoms with van der Waals surface area (Å²) in [7, 11) is 0. The quantitative estimate of drug-likeness (QED) is 0.679. The smallest absolute Gasteiger partial charge is 0.326 e. The molecule has 0 aliphatic rings. The first-order valence-electron chi connectivity index (χ1n) is 5.27. The van der Waals surface area contributed by atoms with Crippen molar-refractivity contribution in [2.24, 2.45) is 0 Å². The van der Waals surface area contributed by atoms with Crippen LogP contribution in [-0.4, -0.2) is 34.4 Å². The van der Waals surface area contributed by atoms with Gasteiger partial charge in [-0.3, -0.25) is 4.79 Å². The lowest BCUT2D eigenvalue weighted by atomic mass is 10.1. The van der Waals surface area contributed by atoms with Crippen molar-refractivity contribution in [3.05, 3.63) is 23.8 Å². The maximum Gasteiger partial charge on any atom is 0.326 e. The van der Waals surface area contributed by atoms with Gasteiger partial charge < -0.3 is 15.5 Å². The molecule has 1 aromatic carbocycles. The van der Waals surface area contributed by atoms with E-state index in [4.69, 9.17) is 15.5 Å². The highest BCUT2D eigenvalue weighted by Gasteiger charge is 2.22. The van der Waals surface area contributed by atoms with E-state index < -0.39 is 24.4 Å². The van der Waals surface area contributed by atoms with Crippen molar-refractivity contribution in [1.29, 1.82) is 5.26 Å². The van der Waals surface area contributed by atoms with Crippen LogP contribution in [-0.2, 0) is 9.59 Å². The molecule has 0 radical (unpaired) electrons. The average Bonchev–Trinajstić information content (AvgIpc) is 2.36. The Balaban J connectivity index is 3.06. The molecule has 100 valence electrons. The van der Waals surface area contributed by atoms with Gasteiger partial charge in [0.2, 0.25) is 0 Å². The third kappa shape index (κ3) is 3.89. The maximum absolute atomic E-state index is 11.0. The van der Waals surface area contributed by atoms with E-state index in [0.717, 1.165) is 0 Å². The molecule has 0 bridgehead atoms. The van der Waals surface area contributed by atoms with E-state index in [1.165, 1.54) is 11.8 Å². The average molecular weight is 280 g/mol. The number of carboxylic acids is 2. The van der Waals surface area contributed by atoms with Crippen LogP contribution >= 0.6 is 11.8 Å². The topological polar surface area (TPSA) is 110 Å². The number of carbonyl (C=O) groups is 2. The fraction of sp³-hybridized carbons (Fsp3) is 0.250. The largest absolute Gasteiger partial charge is 0.481 e. The molecule has 0 spiro atoms. The summed E-state index contributed by atoms with van der Waals surface area (Å²) in [5.74, 6) is -2.50. The summed E-state index contributed by atoms with van der Waals surface area (Å²) >= 11 is 1.36. The van der Waals surface area contributed by atoms with Crippen LogP contribution in [0.4, 0.5) is 5.69 Å². The molecule has 0 aliphatic heterocycles. The third-order valence-electron chi connectivity index (χ3n) is 2.36. The lowest BCUT2D eigenvalue weighted by Gasteiger charge is -2.15. The van der Waals surface area contributed by atoms with Gasteiger partial charge in [-0.1, -0.05) is 6.07 Å². The highest BCUT2D eigenvalue weighted by molar-refractivity contribution is 7.98. The lowest BCUT2D eigenvalue weighted by molar-refractivity contribution is -0.144. The van der Waals surface area contributed by atoms with E-state index in [1.54, 1.807) is 24.5 Å². The fourth-order valence-corrected chi connectivity index (χ4v) is 2.07. The summed E-state index contributed by atoms with van der Waals surface area (Å²) in [5.41, 5.74) is 0.634. The Hall–Kier alpha value is -2.20. The van der Waals surface area contributed by atoms with Crippen LogP contribution in [0.2, 0.25) is 0 Å². The van der Waals surface area contributed by atoms with E-state index in [9.17, 15) is 9.59 Å². The van der Waals surface area contributed by atoms with Crippen LogP contribution < -0.4 is 5.32 Å². The molecule has 6 nitrogen and oxygen atoms in total. The number of carboxylic acid groups (broad SMARTS) is 2. The van der Waals surface area contributed by atoms with E-state index in [2.05, 4.69) is 5.32 Å². The molecule has 0 saturated carbocycles. The van der Waals surface area contributed by atoms with Crippen molar-refractivity contribution in [3.8, 4) is 6.07 Å². The van der Waals surface area contributed by atoms with Gasteiger partial charge in [-0.25, -0.2) is 4.79 Å². The molecule has 1 rings (SSSR count). The molecule has 3 N–H and O–H groups in total. The molecule has 19 heavy (non-hydrogen) atoms. The van der Waals surface area contributed by atoms with Gasteiger partial charge in [0, 0.05) is 4.90 Å². The number of benzene rings is 1. The number of nitrogens with zero attached hydrogens (tertiary/aromatic N) is 1. The minimum absolute atomic E-state index is 0.312. The number of hydrogen-bond acceptors (Lipinski definition) is 5. The van der Waals surface area contributed by atoms with Gasteiger partial charge in [-0.05, 0) is 18.4 Å². The van der Waals surface area contributed by atoms with Crippen molar-refractivity contribution >= 4 is 29.4 Å². The molecule has 1 atom stereocenters. The first kappa shape index (κ1) is 14.9. The standard InChI is InChI=1S/C12H12N2O4S/c1-19-10-4-2-3-8(7(10)6-13)14-9(12(17)18)5-11(15)16/h2-4,9,14H,5H2,1H3,(H,15,16)(H,17,18). The molecule has 0 fully saturated rings. The highest BCUT2D eigenvalue weighted by Crippen LogP contribution is 2.27. The first-order chi connectivity index (χ1) is 8.99. The lowest BCUT2D eigenvalue weighted by Crippen LogP contribution is -2.32. The van der Waals surface area contributed by atoms with Crippen molar-refractivity contribution in [3.63, 3.8) is 0 Å². The van der Waals surface area contributed by atoms with Gasteiger partial charge in [0.1, 0.15) is 12.1 Å². The Labute approximate surface area is 114 Å². The number of nitrogens with one attached hydrogen (secondary N) is 1. The van der Waals surface area contributed by atoms with E-state index in [1.807, 2.05) is 6.07 Å². The predicted octanol–water partition coefficient (Wildman–Crippen LogP) is 1.62. The second-order valence-corrected chi connectivity index (χ2v) is 4.48. The molecule has 0 aliphatic carbocycles. The van der Waals surface area contributed by atoms with E-state index >= 15 is 0 Å². The number of anilines is 1. The number of thioether (sulfide) groups is 1. The predicted molar refractivity (Wildman–Crippen MR) is 70.2 cm³/mol. The maximum atomic E-state index is 11.0. The van der Waals surface area contributed by atoms with Crippen LogP contribution in [0.1, 0.15) is 12.0 Å². The first-order valence-corrected chi connectivity index (χ1v) is 6.50. The Kier molecular flexibility index (Phi) is 5.21. The number of hydrogen-bond donors (Lipinski definition) is 3. The summed E-state index contributed by atoms with van der Waals surface area (Å²) in [6.45, 7) is 0. The molecule has 0 saturated heterocycles. The summed E-state index contributed by atoms with van der Waals surface area (Å²) in [4.78, 5) is 22.3. The summed E-state index contributed by atoms with van der Waals surface area (Å²) in [6.07, 6.45) is 1.23. The molecular formula is C12H12N2O4S. The van der Waals surface area contributed by atoms with Gasteiger partial charge in [-0.2, -0.15) is 5.26 Å². The SMILES string of the molecule is CSc1cccc(NC(CC(=O)O)C(=O)O)c1C#N. The van der Waals surface area contributed by atoms with Gasteiger partial charge in [-0.15, -0.1) is 11.8 Å². The van der Waals surface area contributed by atoms with Crippen molar-refractivity contribution in [2.75, 3.05) is 11.6 Å². The van der Waals surface area contributed by atoms with Gasteiger partial charge >= 0.3 is 11.9 Å². The second kappa shape index (κ2) is 6.66. The number of rotatable bonds is 6. The molecule has 0 amide bonds. The summed E-state index contributed by atoms with van der Waals surface area (Å²) < 4.78 is 0. The van der Waals surface area contributed by atoms with E-state index in [-0.39, 0.29) is 0 Å². The van der Waals surface area contributed by atoms with Crippen LogP contribution in [0.3, 0.4) is 0 Å². The van der Waals surface area contributed by atoms with Gasteiger partial charge in [0.25, 0.3) is 0 Å². The molecule has 0 heterocycles. The minimum Gasteiger partial charge on any atom is -0.481 e. The van der Waals surface area contributed by atoms with Crippen LogP contribution in [0, 0.1) is 11.3 Å². The molecule has 1 unspecified atom stereocenters. The monoisotopic (exact) mass is 280 g/mol. The zero-order chi connectivity index (χ0) is 14.4. The van der Waals surface area contributed by atoms with Crippen LogP contribution in [0.25, 0.3) is 0 Å². The molecule has 7 heteroatoms. The summed E-state index contributed by atoms with van der Waals surface area (Å²) in [5, 5.41) is 29.3. The normalized spacial score (nSPS) is 11.4. The Morgan fingerprint density at radius 3 is 2.63 bits per heavy atom. The summed E-state index contributed by atoms with van der Waals surface area (Å²) in [6, 6.07) is 5.68. The van der Waals surface area contributed by atoms with E-state index in [0.29, 0.717) is 16.1 Å². The minimum atomic E-state index is -1.28.